The Morgan fingerprint density at radius 1 is 1.29 bits per heavy atom. The summed E-state index contributed by atoms with van der Waals surface area (Å²) in [4.78, 5) is 8.58. The predicted octanol–water partition coefficient (Wildman–Crippen LogP) is 2.07. The number of nitrogens with one attached hydrogen (secondary N) is 1. The van der Waals surface area contributed by atoms with Crippen LogP contribution in [0, 0.1) is 5.92 Å². The number of benzene rings is 1. The molecular formula is C16H18N4O3S. The van der Waals surface area contributed by atoms with Crippen LogP contribution in [0.5, 0.6) is 0 Å². The Bertz CT molecular complexity index is 993. The Hall–Kier alpha value is -2.19. The fourth-order valence-corrected chi connectivity index (χ4v) is 4.19. The molecule has 126 valence electrons. The summed E-state index contributed by atoms with van der Waals surface area (Å²) < 4.78 is 30.9. The molecule has 3 aromatic rings. The minimum Gasteiger partial charge on any atom is -0.450 e. The van der Waals surface area contributed by atoms with Gasteiger partial charge < -0.3 is 9.73 Å². The van der Waals surface area contributed by atoms with Gasteiger partial charge in [-0.15, -0.1) is 0 Å². The smallest absolute Gasteiger partial charge is 0.213 e. The van der Waals surface area contributed by atoms with E-state index in [1.54, 1.807) is 6.92 Å². The van der Waals surface area contributed by atoms with Gasteiger partial charge in [-0.25, -0.2) is 22.7 Å². The maximum Gasteiger partial charge on any atom is 0.213 e. The SMILES string of the molecule is CCS(=O)(=O)N1CC(CNc2ncnc3c2oc2ccccc23)C1. The standard InChI is InChI=1S/C16H18N4O3S/c1-2-24(21,22)20-8-11(9-20)7-17-16-15-14(18-10-19-16)12-5-3-4-6-13(12)23-15/h3-6,10-11H,2,7-9H2,1H3,(H,17,18,19). The molecule has 0 bridgehead atoms. The Labute approximate surface area is 139 Å². The molecule has 0 unspecified atom stereocenters. The number of rotatable bonds is 5. The zero-order valence-corrected chi connectivity index (χ0v) is 14.1. The van der Waals surface area contributed by atoms with Gasteiger partial charge in [-0.1, -0.05) is 12.1 Å². The van der Waals surface area contributed by atoms with Gasteiger partial charge in [0.05, 0.1) is 5.75 Å². The number of fused-ring (bicyclic) bond motifs is 3. The lowest BCUT2D eigenvalue weighted by Gasteiger charge is -2.37. The number of para-hydroxylation sites is 1. The lowest BCUT2D eigenvalue weighted by Crippen LogP contribution is -2.52. The molecule has 4 rings (SSSR count). The van der Waals surface area contributed by atoms with E-state index < -0.39 is 10.0 Å². The summed E-state index contributed by atoms with van der Waals surface area (Å²) in [7, 11) is -3.07. The van der Waals surface area contributed by atoms with Crippen LogP contribution in [-0.4, -0.2) is 48.1 Å². The summed E-state index contributed by atoms with van der Waals surface area (Å²) in [5.41, 5.74) is 2.20. The van der Waals surface area contributed by atoms with Crippen molar-refractivity contribution >= 4 is 37.9 Å². The normalized spacial score (nSPS) is 16.5. The van der Waals surface area contributed by atoms with E-state index in [9.17, 15) is 8.42 Å². The first kappa shape index (κ1) is 15.3. The monoisotopic (exact) mass is 346 g/mol. The second-order valence-corrected chi connectivity index (χ2v) is 8.22. The molecule has 0 amide bonds. The molecule has 0 atom stereocenters. The van der Waals surface area contributed by atoms with Gasteiger partial charge in [-0.3, -0.25) is 0 Å². The fourth-order valence-electron chi connectivity index (χ4n) is 2.95. The molecule has 1 fully saturated rings. The van der Waals surface area contributed by atoms with E-state index in [-0.39, 0.29) is 11.7 Å². The lowest BCUT2D eigenvalue weighted by molar-refractivity contribution is 0.212. The van der Waals surface area contributed by atoms with E-state index in [4.69, 9.17) is 4.42 Å². The van der Waals surface area contributed by atoms with Gasteiger partial charge in [0.25, 0.3) is 0 Å². The third-order valence-corrected chi connectivity index (χ3v) is 6.21. The van der Waals surface area contributed by atoms with E-state index in [1.165, 1.54) is 10.6 Å². The van der Waals surface area contributed by atoms with E-state index in [2.05, 4.69) is 15.3 Å². The highest BCUT2D eigenvalue weighted by atomic mass is 32.2. The van der Waals surface area contributed by atoms with Crippen molar-refractivity contribution in [3.05, 3.63) is 30.6 Å². The zero-order chi connectivity index (χ0) is 16.7. The highest BCUT2D eigenvalue weighted by molar-refractivity contribution is 7.89. The number of sulfonamides is 1. The average molecular weight is 346 g/mol. The first-order valence-corrected chi connectivity index (χ1v) is 9.53. The first-order chi connectivity index (χ1) is 11.6. The molecule has 1 N–H and O–H groups in total. The average Bonchev–Trinajstić information content (AvgIpc) is 2.93. The third-order valence-electron chi connectivity index (χ3n) is 4.40. The van der Waals surface area contributed by atoms with Gasteiger partial charge in [-0.05, 0) is 19.1 Å². The van der Waals surface area contributed by atoms with Crippen molar-refractivity contribution in [3.8, 4) is 0 Å². The Morgan fingerprint density at radius 3 is 2.88 bits per heavy atom. The van der Waals surface area contributed by atoms with Crippen LogP contribution in [0.3, 0.4) is 0 Å². The summed E-state index contributed by atoms with van der Waals surface area (Å²) in [6, 6.07) is 7.74. The summed E-state index contributed by atoms with van der Waals surface area (Å²) in [5.74, 6) is 1.08. The molecule has 0 radical (unpaired) electrons. The molecule has 1 aliphatic rings. The van der Waals surface area contributed by atoms with E-state index >= 15 is 0 Å². The first-order valence-electron chi connectivity index (χ1n) is 7.92. The number of aromatic nitrogens is 2. The molecule has 0 saturated carbocycles. The minimum atomic E-state index is -3.07. The maximum atomic E-state index is 11.7. The number of furan rings is 1. The van der Waals surface area contributed by atoms with Gasteiger partial charge in [0.15, 0.2) is 11.4 Å². The summed E-state index contributed by atoms with van der Waals surface area (Å²) >= 11 is 0. The predicted molar refractivity (Wildman–Crippen MR) is 92.3 cm³/mol. The van der Waals surface area contributed by atoms with Gasteiger partial charge >= 0.3 is 0 Å². The van der Waals surface area contributed by atoms with E-state index in [0.717, 1.165) is 16.5 Å². The van der Waals surface area contributed by atoms with Crippen LogP contribution in [0.4, 0.5) is 5.82 Å². The molecule has 0 aliphatic carbocycles. The van der Waals surface area contributed by atoms with Crippen LogP contribution in [0.15, 0.2) is 35.0 Å². The second-order valence-electron chi connectivity index (χ2n) is 5.96. The van der Waals surface area contributed by atoms with E-state index in [1.807, 2.05) is 24.3 Å². The third kappa shape index (κ3) is 2.51. The lowest BCUT2D eigenvalue weighted by atomic mass is 10.0. The minimum absolute atomic E-state index is 0.151. The number of nitrogens with zero attached hydrogens (tertiary/aromatic N) is 3. The van der Waals surface area contributed by atoms with Gasteiger partial charge in [0.2, 0.25) is 10.0 Å². The Morgan fingerprint density at radius 2 is 2.08 bits per heavy atom. The molecule has 24 heavy (non-hydrogen) atoms. The van der Waals surface area contributed by atoms with Crippen LogP contribution < -0.4 is 5.32 Å². The number of anilines is 1. The topological polar surface area (TPSA) is 88.3 Å². The summed E-state index contributed by atoms with van der Waals surface area (Å²) in [6.07, 6.45) is 1.52. The van der Waals surface area contributed by atoms with Crippen molar-refractivity contribution in [2.75, 3.05) is 30.7 Å². The largest absolute Gasteiger partial charge is 0.450 e. The molecule has 3 heterocycles. The molecule has 0 spiro atoms. The number of hydrogen-bond donors (Lipinski definition) is 1. The fraction of sp³-hybridized carbons (Fsp3) is 0.375. The quantitative estimate of drug-likeness (QED) is 0.761. The van der Waals surface area contributed by atoms with Gasteiger partial charge in [0.1, 0.15) is 17.4 Å². The Balaban J connectivity index is 1.50. The van der Waals surface area contributed by atoms with Crippen LogP contribution >= 0.6 is 0 Å². The van der Waals surface area contributed by atoms with E-state index in [0.29, 0.717) is 31.0 Å². The molecule has 8 heteroatoms. The van der Waals surface area contributed by atoms with Crippen molar-refractivity contribution < 1.29 is 12.8 Å². The van der Waals surface area contributed by atoms with Crippen LogP contribution in [0.1, 0.15) is 6.92 Å². The molecule has 7 nitrogen and oxygen atoms in total. The van der Waals surface area contributed by atoms with Crippen LogP contribution in [0.2, 0.25) is 0 Å². The highest BCUT2D eigenvalue weighted by Gasteiger charge is 2.34. The molecular weight excluding hydrogens is 328 g/mol. The second kappa shape index (κ2) is 5.71. The van der Waals surface area contributed by atoms with Crippen molar-refractivity contribution in [2.24, 2.45) is 5.92 Å². The summed E-state index contributed by atoms with van der Waals surface area (Å²) in [5, 5.41) is 4.23. The highest BCUT2D eigenvalue weighted by Crippen LogP contribution is 2.30. The zero-order valence-electron chi connectivity index (χ0n) is 13.3. The number of hydrogen-bond acceptors (Lipinski definition) is 6. The summed E-state index contributed by atoms with van der Waals surface area (Å²) in [6.45, 7) is 3.42. The van der Waals surface area contributed by atoms with Crippen molar-refractivity contribution in [2.45, 2.75) is 6.92 Å². The van der Waals surface area contributed by atoms with Crippen molar-refractivity contribution in [3.63, 3.8) is 0 Å². The Kier molecular flexibility index (Phi) is 3.65. The van der Waals surface area contributed by atoms with Crippen LogP contribution in [0.25, 0.3) is 22.1 Å². The van der Waals surface area contributed by atoms with Gasteiger partial charge in [0, 0.05) is 30.9 Å². The molecule has 1 aliphatic heterocycles. The van der Waals surface area contributed by atoms with Crippen LogP contribution in [-0.2, 0) is 10.0 Å². The molecule has 2 aromatic heterocycles. The molecule has 1 saturated heterocycles. The maximum absolute atomic E-state index is 11.7. The van der Waals surface area contributed by atoms with Crippen molar-refractivity contribution in [1.29, 1.82) is 0 Å². The van der Waals surface area contributed by atoms with Crippen molar-refractivity contribution in [1.82, 2.24) is 14.3 Å². The molecule has 1 aromatic carbocycles. The van der Waals surface area contributed by atoms with Gasteiger partial charge in [-0.2, -0.15) is 0 Å².